The van der Waals surface area contributed by atoms with E-state index < -0.39 is 22.2 Å². The Kier molecular flexibility index (Phi) is 9.31. The largest absolute Gasteiger partial charge is 0.391 e. The third kappa shape index (κ3) is 7.49. The number of benzene rings is 3. The van der Waals surface area contributed by atoms with Crippen molar-refractivity contribution in [2.75, 3.05) is 45.0 Å². The molecule has 0 aliphatic carbocycles. The molecule has 8 heteroatoms. The molecule has 2 unspecified atom stereocenters. The maximum atomic E-state index is 13.5. The molecular formula is C28H31F3N2O2S. The van der Waals surface area contributed by atoms with E-state index in [2.05, 4.69) is 9.80 Å². The van der Waals surface area contributed by atoms with E-state index in [0.29, 0.717) is 25.3 Å². The van der Waals surface area contributed by atoms with E-state index in [1.165, 1.54) is 36.4 Å². The van der Waals surface area contributed by atoms with Gasteiger partial charge >= 0.3 is 0 Å². The van der Waals surface area contributed by atoms with Crippen LogP contribution in [0, 0.1) is 17.5 Å². The van der Waals surface area contributed by atoms with Crippen molar-refractivity contribution in [1.82, 2.24) is 9.80 Å². The minimum atomic E-state index is -1.28. The summed E-state index contributed by atoms with van der Waals surface area (Å²) >= 11 is 0. The fourth-order valence-electron chi connectivity index (χ4n) is 4.56. The summed E-state index contributed by atoms with van der Waals surface area (Å²) in [6, 6.07) is 18.2. The summed E-state index contributed by atoms with van der Waals surface area (Å²) in [4.78, 5) is 4.47. The second-order valence-corrected chi connectivity index (χ2v) is 10.8. The standard InChI is InChI=1S/C28H31F3N2O2S/c29-24-7-1-21(2-8-24)19-27(34)20-33-15-13-32(14-16-33)17-18-36(35)28(22-3-9-25(30)10-4-22)23-5-11-26(31)12-6-23/h1-12,27-28,34H,13-20H2. The molecule has 36 heavy (non-hydrogen) atoms. The lowest BCUT2D eigenvalue weighted by Gasteiger charge is -2.35. The Hall–Kier alpha value is -2.52. The van der Waals surface area contributed by atoms with Gasteiger partial charge in [-0.25, -0.2) is 13.2 Å². The number of hydrogen-bond donors (Lipinski definition) is 1. The summed E-state index contributed by atoms with van der Waals surface area (Å²) in [7, 11) is -1.28. The molecule has 2 atom stereocenters. The quantitative estimate of drug-likeness (QED) is 0.440. The average Bonchev–Trinajstić information content (AvgIpc) is 2.87. The van der Waals surface area contributed by atoms with Gasteiger partial charge in [0.25, 0.3) is 0 Å². The highest BCUT2D eigenvalue weighted by atomic mass is 32.2. The van der Waals surface area contributed by atoms with Crippen molar-refractivity contribution in [2.24, 2.45) is 0 Å². The second-order valence-electron chi connectivity index (χ2n) is 9.19. The van der Waals surface area contributed by atoms with E-state index in [0.717, 1.165) is 42.9 Å². The van der Waals surface area contributed by atoms with Crippen LogP contribution in [-0.4, -0.2) is 70.2 Å². The molecule has 4 rings (SSSR count). The van der Waals surface area contributed by atoms with Gasteiger partial charge in [-0.1, -0.05) is 36.4 Å². The Labute approximate surface area is 212 Å². The predicted octanol–water partition coefficient (Wildman–Crippen LogP) is 4.16. The maximum Gasteiger partial charge on any atom is 0.123 e. The number of hydrogen-bond acceptors (Lipinski definition) is 4. The van der Waals surface area contributed by atoms with E-state index >= 15 is 0 Å². The van der Waals surface area contributed by atoms with Crippen LogP contribution >= 0.6 is 0 Å². The highest BCUT2D eigenvalue weighted by Crippen LogP contribution is 2.29. The van der Waals surface area contributed by atoms with Crippen LogP contribution < -0.4 is 0 Å². The van der Waals surface area contributed by atoms with Crippen LogP contribution in [0.5, 0.6) is 0 Å². The summed E-state index contributed by atoms with van der Waals surface area (Å²) < 4.78 is 53.4. The van der Waals surface area contributed by atoms with Crippen LogP contribution in [0.1, 0.15) is 21.9 Å². The first kappa shape index (κ1) is 26.5. The van der Waals surface area contributed by atoms with Crippen molar-refractivity contribution in [2.45, 2.75) is 17.8 Å². The molecule has 0 aromatic heterocycles. The van der Waals surface area contributed by atoms with E-state index in [4.69, 9.17) is 0 Å². The van der Waals surface area contributed by atoms with Crippen LogP contribution in [0.2, 0.25) is 0 Å². The Morgan fingerprint density at radius 2 is 1.17 bits per heavy atom. The molecule has 1 fully saturated rings. The van der Waals surface area contributed by atoms with Crippen LogP contribution in [0.15, 0.2) is 72.8 Å². The summed E-state index contributed by atoms with van der Waals surface area (Å²) in [6.45, 7) is 4.40. The molecule has 3 aromatic carbocycles. The Morgan fingerprint density at radius 3 is 1.67 bits per heavy atom. The molecule has 0 amide bonds. The molecule has 0 spiro atoms. The van der Waals surface area contributed by atoms with E-state index in [1.807, 2.05) is 0 Å². The fourth-order valence-corrected chi connectivity index (χ4v) is 6.15. The third-order valence-electron chi connectivity index (χ3n) is 6.54. The van der Waals surface area contributed by atoms with Crippen molar-refractivity contribution in [3.63, 3.8) is 0 Å². The normalized spacial score (nSPS) is 16.8. The molecule has 192 valence electrons. The van der Waals surface area contributed by atoms with Crippen LogP contribution in [0.4, 0.5) is 13.2 Å². The number of β-amino-alcohol motifs (C(OH)–C–C–N with tert-alkyl or cyclic N) is 1. The molecule has 0 bridgehead atoms. The second kappa shape index (κ2) is 12.6. The van der Waals surface area contributed by atoms with E-state index in [1.54, 1.807) is 36.4 Å². The Morgan fingerprint density at radius 1 is 0.722 bits per heavy atom. The summed E-state index contributed by atoms with van der Waals surface area (Å²) in [5, 5.41) is 9.98. The topological polar surface area (TPSA) is 43.8 Å². The number of aliphatic hydroxyl groups excluding tert-OH is 1. The molecule has 4 nitrogen and oxygen atoms in total. The molecule has 3 aromatic rings. The zero-order valence-corrected chi connectivity index (χ0v) is 20.8. The number of halogens is 3. The van der Waals surface area contributed by atoms with Crippen LogP contribution in [-0.2, 0) is 17.2 Å². The SMILES string of the molecule is O=S(CCN1CCN(CC(O)Cc2ccc(F)cc2)CC1)C(c1ccc(F)cc1)c1ccc(F)cc1. The number of piperazine rings is 1. The Balaban J connectivity index is 1.28. The van der Waals surface area contributed by atoms with Gasteiger partial charge in [0.05, 0.1) is 11.4 Å². The van der Waals surface area contributed by atoms with Gasteiger partial charge in [0.15, 0.2) is 0 Å². The minimum Gasteiger partial charge on any atom is -0.391 e. The highest BCUT2D eigenvalue weighted by molar-refractivity contribution is 7.85. The number of rotatable bonds is 10. The van der Waals surface area contributed by atoms with Gasteiger partial charge < -0.3 is 5.11 Å². The van der Waals surface area contributed by atoms with E-state index in [9.17, 15) is 22.5 Å². The van der Waals surface area contributed by atoms with Crippen molar-refractivity contribution in [3.05, 3.63) is 107 Å². The predicted molar refractivity (Wildman–Crippen MR) is 137 cm³/mol. The zero-order chi connectivity index (χ0) is 25.5. The molecule has 1 saturated heterocycles. The molecule has 1 aliphatic heterocycles. The van der Waals surface area contributed by atoms with Crippen molar-refractivity contribution in [3.8, 4) is 0 Å². The molecule has 1 N–H and O–H groups in total. The highest BCUT2D eigenvalue weighted by Gasteiger charge is 2.24. The fraction of sp³-hybridized carbons (Fsp3) is 0.357. The van der Waals surface area contributed by atoms with Gasteiger partial charge in [0.1, 0.15) is 17.5 Å². The van der Waals surface area contributed by atoms with Crippen LogP contribution in [0.25, 0.3) is 0 Å². The first-order valence-electron chi connectivity index (χ1n) is 12.1. The summed E-state index contributed by atoms with van der Waals surface area (Å²) in [6.07, 6.45) is -0.0464. The van der Waals surface area contributed by atoms with Crippen molar-refractivity contribution < 1.29 is 22.5 Å². The smallest absolute Gasteiger partial charge is 0.123 e. The third-order valence-corrected chi connectivity index (χ3v) is 8.19. The van der Waals surface area contributed by atoms with Gasteiger partial charge in [-0.2, -0.15) is 0 Å². The monoisotopic (exact) mass is 516 g/mol. The van der Waals surface area contributed by atoms with Gasteiger partial charge in [-0.15, -0.1) is 0 Å². The van der Waals surface area contributed by atoms with Gasteiger partial charge in [-0.05, 0) is 59.5 Å². The van der Waals surface area contributed by atoms with Gasteiger partial charge in [-0.3, -0.25) is 14.0 Å². The molecule has 0 saturated carbocycles. The molecule has 1 heterocycles. The lowest BCUT2D eigenvalue weighted by molar-refractivity contribution is 0.0750. The minimum absolute atomic E-state index is 0.285. The summed E-state index contributed by atoms with van der Waals surface area (Å²) in [5.74, 6) is -0.565. The maximum absolute atomic E-state index is 13.5. The van der Waals surface area contributed by atoms with Crippen molar-refractivity contribution in [1.29, 1.82) is 0 Å². The lowest BCUT2D eigenvalue weighted by atomic mass is 10.0. The molecular weight excluding hydrogens is 485 g/mol. The van der Waals surface area contributed by atoms with Gasteiger partial charge in [0.2, 0.25) is 0 Å². The van der Waals surface area contributed by atoms with Crippen molar-refractivity contribution >= 4 is 10.8 Å². The summed E-state index contributed by atoms with van der Waals surface area (Å²) in [5.41, 5.74) is 2.38. The van der Waals surface area contributed by atoms with Gasteiger partial charge in [0, 0.05) is 55.8 Å². The average molecular weight is 517 g/mol. The van der Waals surface area contributed by atoms with Crippen LogP contribution in [0.3, 0.4) is 0 Å². The van der Waals surface area contributed by atoms with E-state index in [-0.39, 0.29) is 17.5 Å². The zero-order valence-electron chi connectivity index (χ0n) is 20.0. The lowest BCUT2D eigenvalue weighted by Crippen LogP contribution is -2.49. The number of nitrogens with zero attached hydrogens (tertiary/aromatic N) is 2. The molecule has 1 aliphatic rings. The first-order chi connectivity index (χ1) is 17.4. The molecule has 0 radical (unpaired) electrons. The first-order valence-corrected chi connectivity index (χ1v) is 13.5. The number of aliphatic hydroxyl groups is 1. The Bertz CT molecular complexity index is 1070.